The number of hydrogen-bond donors (Lipinski definition) is 1. The van der Waals surface area contributed by atoms with Crippen molar-refractivity contribution >= 4 is 0 Å². The molecule has 0 saturated carbocycles. The van der Waals surface area contributed by atoms with Crippen molar-refractivity contribution in [3.8, 4) is 0 Å². The molecule has 1 fully saturated rings. The number of aliphatic hydroxyl groups excluding tert-OH is 1. The molecule has 0 bridgehead atoms. The van der Waals surface area contributed by atoms with Gasteiger partial charge in [0.2, 0.25) is 0 Å². The maximum absolute atomic E-state index is 9.66. The molecule has 2 aliphatic heterocycles. The lowest BCUT2D eigenvalue weighted by atomic mass is 9.95. The van der Waals surface area contributed by atoms with E-state index in [2.05, 4.69) is 23.3 Å². The molecule has 2 atom stereocenters. The molecule has 20 heavy (non-hydrogen) atoms. The number of fused-ring (bicyclic) bond motifs is 1. The van der Waals surface area contributed by atoms with Gasteiger partial charge in [0.1, 0.15) is 5.82 Å². The third-order valence-corrected chi connectivity index (χ3v) is 5.00. The van der Waals surface area contributed by atoms with E-state index in [4.69, 9.17) is 4.98 Å². The molecule has 3 heterocycles. The highest BCUT2D eigenvalue weighted by molar-refractivity contribution is 5.15. The molecule has 0 aromatic carbocycles. The fourth-order valence-electron chi connectivity index (χ4n) is 3.83. The smallest absolute Gasteiger partial charge is 0.113 e. The number of imidazole rings is 1. The first-order chi connectivity index (χ1) is 9.70. The van der Waals surface area contributed by atoms with E-state index in [1.165, 1.54) is 37.3 Å². The van der Waals surface area contributed by atoms with Crippen molar-refractivity contribution in [3.63, 3.8) is 0 Å². The quantitative estimate of drug-likeness (QED) is 0.922. The van der Waals surface area contributed by atoms with E-state index in [9.17, 15) is 5.11 Å². The van der Waals surface area contributed by atoms with Gasteiger partial charge in [-0.15, -0.1) is 0 Å². The summed E-state index contributed by atoms with van der Waals surface area (Å²) >= 11 is 0. The standard InChI is InChI=1S/C16H27N3O/c1-12(2)18-8-4-5-13(10-18)16-17-9-14-6-3-7-15(11-20)19(14)16/h9,12-13,15,20H,3-8,10-11H2,1-2H3. The van der Waals surface area contributed by atoms with Crippen LogP contribution in [0.4, 0.5) is 0 Å². The summed E-state index contributed by atoms with van der Waals surface area (Å²) < 4.78 is 2.36. The first-order valence-corrected chi connectivity index (χ1v) is 8.11. The number of aryl methyl sites for hydroxylation is 1. The molecule has 4 nitrogen and oxygen atoms in total. The summed E-state index contributed by atoms with van der Waals surface area (Å²) in [7, 11) is 0. The predicted octanol–water partition coefficient (Wildman–Crippen LogP) is 2.34. The summed E-state index contributed by atoms with van der Waals surface area (Å²) in [6.45, 7) is 7.13. The van der Waals surface area contributed by atoms with Crippen LogP contribution in [0.25, 0.3) is 0 Å². The molecule has 0 spiro atoms. The number of piperidine rings is 1. The van der Waals surface area contributed by atoms with Gasteiger partial charge in [0.15, 0.2) is 0 Å². The maximum Gasteiger partial charge on any atom is 0.113 e. The van der Waals surface area contributed by atoms with Gasteiger partial charge in [0.25, 0.3) is 0 Å². The molecule has 2 aliphatic rings. The third kappa shape index (κ3) is 2.51. The number of likely N-dealkylation sites (tertiary alicyclic amines) is 1. The third-order valence-electron chi connectivity index (χ3n) is 5.00. The summed E-state index contributed by atoms with van der Waals surface area (Å²) in [5, 5.41) is 9.66. The van der Waals surface area contributed by atoms with Gasteiger partial charge >= 0.3 is 0 Å². The molecule has 0 radical (unpaired) electrons. The van der Waals surface area contributed by atoms with Crippen molar-refractivity contribution in [2.24, 2.45) is 0 Å². The Morgan fingerprint density at radius 2 is 2.20 bits per heavy atom. The van der Waals surface area contributed by atoms with Gasteiger partial charge in [-0.1, -0.05) is 0 Å². The van der Waals surface area contributed by atoms with Crippen LogP contribution in [0, 0.1) is 0 Å². The van der Waals surface area contributed by atoms with E-state index in [-0.39, 0.29) is 12.6 Å². The second kappa shape index (κ2) is 5.86. The van der Waals surface area contributed by atoms with Crippen molar-refractivity contribution < 1.29 is 5.11 Å². The fraction of sp³-hybridized carbons (Fsp3) is 0.812. The zero-order valence-electron chi connectivity index (χ0n) is 12.8. The highest BCUT2D eigenvalue weighted by atomic mass is 16.3. The van der Waals surface area contributed by atoms with Gasteiger partial charge in [-0.2, -0.15) is 0 Å². The van der Waals surface area contributed by atoms with Crippen LogP contribution in [0.2, 0.25) is 0 Å². The van der Waals surface area contributed by atoms with Crippen molar-refractivity contribution in [3.05, 3.63) is 17.7 Å². The normalized spacial score (nSPS) is 27.8. The number of rotatable bonds is 3. The SMILES string of the molecule is CC(C)N1CCCC(c2ncc3n2C(CO)CCC3)C1. The van der Waals surface area contributed by atoms with Crippen molar-refractivity contribution in [1.82, 2.24) is 14.5 Å². The van der Waals surface area contributed by atoms with Gasteiger partial charge < -0.3 is 14.6 Å². The van der Waals surface area contributed by atoms with Gasteiger partial charge in [0, 0.05) is 30.4 Å². The van der Waals surface area contributed by atoms with Crippen LogP contribution in [0.15, 0.2) is 6.20 Å². The zero-order valence-corrected chi connectivity index (χ0v) is 12.8. The number of hydrogen-bond acceptors (Lipinski definition) is 3. The lowest BCUT2D eigenvalue weighted by Gasteiger charge is -2.36. The second-order valence-corrected chi connectivity index (χ2v) is 6.63. The van der Waals surface area contributed by atoms with Crippen LogP contribution in [0.1, 0.15) is 63.0 Å². The predicted molar refractivity (Wildman–Crippen MR) is 80.0 cm³/mol. The van der Waals surface area contributed by atoms with E-state index in [0.717, 1.165) is 19.4 Å². The molecule has 2 unspecified atom stereocenters. The Balaban J connectivity index is 1.85. The molecular weight excluding hydrogens is 250 g/mol. The monoisotopic (exact) mass is 277 g/mol. The van der Waals surface area contributed by atoms with Crippen LogP contribution in [-0.2, 0) is 6.42 Å². The molecule has 1 aromatic rings. The van der Waals surface area contributed by atoms with Crippen molar-refractivity contribution in [1.29, 1.82) is 0 Å². The summed E-state index contributed by atoms with van der Waals surface area (Å²) in [6.07, 6.45) is 7.93. The molecule has 0 amide bonds. The van der Waals surface area contributed by atoms with Crippen LogP contribution >= 0.6 is 0 Å². The van der Waals surface area contributed by atoms with E-state index in [1.54, 1.807) is 0 Å². The summed E-state index contributed by atoms with van der Waals surface area (Å²) in [4.78, 5) is 7.30. The lowest BCUT2D eigenvalue weighted by molar-refractivity contribution is 0.156. The van der Waals surface area contributed by atoms with Gasteiger partial charge in [0.05, 0.1) is 12.6 Å². The molecular formula is C16H27N3O. The topological polar surface area (TPSA) is 41.3 Å². The molecule has 1 aromatic heterocycles. The first-order valence-electron chi connectivity index (χ1n) is 8.11. The largest absolute Gasteiger partial charge is 0.394 e. The van der Waals surface area contributed by atoms with Crippen molar-refractivity contribution in [2.45, 2.75) is 64.0 Å². The number of aromatic nitrogens is 2. The Bertz CT molecular complexity index is 455. The Labute approximate surface area is 121 Å². The zero-order chi connectivity index (χ0) is 14.1. The highest BCUT2D eigenvalue weighted by Gasteiger charge is 2.30. The molecule has 1 saturated heterocycles. The number of aliphatic hydroxyl groups is 1. The molecule has 0 aliphatic carbocycles. The minimum Gasteiger partial charge on any atom is -0.394 e. The second-order valence-electron chi connectivity index (χ2n) is 6.63. The fourth-order valence-corrected chi connectivity index (χ4v) is 3.83. The maximum atomic E-state index is 9.66. The average molecular weight is 277 g/mol. The molecule has 112 valence electrons. The number of nitrogens with zero attached hydrogens (tertiary/aromatic N) is 3. The minimum absolute atomic E-state index is 0.247. The van der Waals surface area contributed by atoms with Crippen LogP contribution in [0.5, 0.6) is 0 Å². The van der Waals surface area contributed by atoms with E-state index in [1.807, 2.05) is 6.20 Å². The summed E-state index contributed by atoms with van der Waals surface area (Å²) in [6, 6.07) is 0.868. The van der Waals surface area contributed by atoms with Gasteiger partial charge in [-0.25, -0.2) is 4.98 Å². The lowest BCUT2D eigenvalue weighted by Crippen LogP contribution is -2.40. The van der Waals surface area contributed by atoms with Crippen molar-refractivity contribution in [2.75, 3.05) is 19.7 Å². The van der Waals surface area contributed by atoms with Crippen LogP contribution in [-0.4, -0.2) is 45.3 Å². The van der Waals surface area contributed by atoms with Gasteiger partial charge in [-0.3, -0.25) is 0 Å². The van der Waals surface area contributed by atoms with E-state index < -0.39 is 0 Å². The first kappa shape index (κ1) is 14.1. The Hall–Kier alpha value is -0.870. The Morgan fingerprint density at radius 1 is 1.35 bits per heavy atom. The minimum atomic E-state index is 0.247. The van der Waals surface area contributed by atoms with Crippen LogP contribution < -0.4 is 0 Å². The Morgan fingerprint density at radius 3 is 2.95 bits per heavy atom. The van der Waals surface area contributed by atoms with Crippen LogP contribution in [0.3, 0.4) is 0 Å². The van der Waals surface area contributed by atoms with Gasteiger partial charge in [-0.05, 0) is 52.5 Å². The summed E-state index contributed by atoms with van der Waals surface area (Å²) in [5.41, 5.74) is 1.33. The summed E-state index contributed by atoms with van der Waals surface area (Å²) in [5.74, 6) is 1.76. The van der Waals surface area contributed by atoms with E-state index >= 15 is 0 Å². The highest BCUT2D eigenvalue weighted by Crippen LogP contribution is 2.33. The average Bonchev–Trinajstić information content (AvgIpc) is 2.91. The molecule has 4 heteroatoms. The van der Waals surface area contributed by atoms with E-state index in [0.29, 0.717) is 12.0 Å². The Kier molecular flexibility index (Phi) is 4.13. The molecule has 3 rings (SSSR count). The molecule has 1 N–H and O–H groups in total.